The number of benzene rings is 4. The number of hydrogen-bond acceptors (Lipinski definition) is 3. The zero-order valence-electron chi connectivity index (χ0n) is 19.5. The van der Waals surface area contributed by atoms with Crippen LogP contribution in [0.4, 0.5) is 5.69 Å². The first-order valence-corrected chi connectivity index (χ1v) is 12.2. The van der Waals surface area contributed by atoms with Gasteiger partial charge < -0.3 is 10.2 Å². The summed E-state index contributed by atoms with van der Waals surface area (Å²) in [6, 6.07) is 28.5. The molecule has 0 spiro atoms. The highest BCUT2D eigenvalue weighted by molar-refractivity contribution is 6.24. The maximum absolute atomic E-state index is 12.7. The predicted molar refractivity (Wildman–Crippen MR) is 139 cm³/mol. The fraction of sp³-hybridized carbons (Fsp3) is 0.200. The quantitative estimate of drug-likeness (QED) is 0.457. The number of anilines is 1. The monoisotopic (exact) mass is 461 g/mol. The molecule has 4 aromatic rings. The Labute approximate surface area is 205 Å². The van der Waals surface area contributed by atoms with Crippen molar-refractivity contribution in [1.82, 2.24) is 9.80 Å². The normalized spacial score (nSPS) is 15.4. The lowest BCUT2D eigenvalue weighted by atomic mass is 9.95. The van der Waals surface area contributed by atoms with Crippen molar-refractivity contribution >= 4 is 28.3 Å². The van der Waals surface area contributed by atoms with Crippen LogP contribution in [0, 0.1) is 0 Å². The van der Waals surface area contributed by atoms with Gasteiger partial charge in [-0.1, -0.05) is 60.7 Å². The number of piperazine rings is 1. The summed E-state index contributed by atoms with van der Waals surface area (Å²) in [5.41, 5.74) is 6.20. The minimum absolute atomic E-state index is 0.0163. The highest BCUT2D eigenvalue weighted by Crippen LogP contribution is 2.35. The third kappa shape index (κ3) is 4.19. The summed E-state index contributed by atoms with van der Waals surface area (Å²) in [6.45, 7) is 4.17. The van der Waals surface area contributed by atoms with E-state index in [1.54, 1.807) is 0 Å². The van der Waals surface area contributed by atoms with E-state index in [9.17, 15) is 9.59 Å². The molecule has 0 bridgehead atoms. The molecule has 174 valence electrons. The fourth-order valence-electron chi connectivity index (χ4n) is 5.22. The standard InChI is InChI=1S/C30H27N3O2/c34-29-26-8-4-7-25-24(13-14-27(31-29)28(25)26)19-21-9-11-22(12-10-21)20-32-15-17-33(18-16-32)30(35)23-5-2-1-3-6-23/h1-14H,15-20H2,(H,31,34). The second kappa shape index (κ2) is 9.01. The van der Waals surface area contributed by atoms with Gasteiger partial charge in [0.15, 0.2) is 0 Å². The highest BCUT2D eigenvalue weighted by Gasteiger charge is 2.23. The molecule has 2 amide bonds. The molecular weight excluding hydrogens is 434 g/mol. The Morgan fingerprint density at radius 3 is 2.29 bits per heavy atom. The number of carbonyl (C=O) groups is 2. The van der Waals surface area contributed by atoms with Crippen molar-refractivity contribution in [2.75, 3.05) is 31.5 Å². The highest BCUT2D eigenvalue weighted by atomic mass is 16.2. The van der Waals surface area contributed by atoms with E-state index in [-0.39, 0.29) is 11.8 Å². The fourth-order valence-corrected chi connectivity index (χ4v) is 5.22. The van der Waals surface area contributed by atoms with Crippen molar-refractivity contribution in [2.24, 2.45) is 0 Å². The summed E-state index contributed by atoms with van der Waals surface area (Å²) in [6.07, 6.45) is 0.828. The molecule has 5 nitrogen and oxygen atoms in total. The van der Waals surface area contributed by atoms with Gasteiger partial charge in [-0.25, -0.2) is 0 Å². The smallest absolute Gasteiger partial charge is 0.256 e. The van der Waals surface area contributed by atoms with Crippen molar-refractivity contribution in [2.45, 2.75) is 13.0 Å². The molecule has 1 fully saturated rings. The van der Waals surface area contributed by atoms with Crippen LogP contribution in [0.15, 0.2) is 84.9 Å². The number of rotatable bonds is 5. The summed E-state index contributed by atoms with van der Waals surface area (Å²) in [5.74, 6) is 0.107. The third-order valence-corrected chi connectivity index (χ3v) is 7.13. The largest absolute Gasteiger partial charge is 0.336 e. The molecule has 0 radical (unpaired) electrons. The Kier molecular flexibility index (Phi) is 5.55. The van der Waals surface area contributed by atoms with Crippen LogP contribution in [0.1, 0.15) is 37.4 Å². The maximum atomic E-state index is 12.7. The van der Waals surface area contributed by atoms with Crippen LogP contribution in [0.3, 0.4) is 0 Å². The van der Waals surface area contributed by atoms with E-state index in [2.05, 4.69) is 46.6 Å². The first-order valence-electron chi connectivity index (χ1n) is 12.2. The zero-order valence-corrected chi connectivity index (χ0v) is 19.5. The van der Waals surface area contributed by atoms with Gasteiger partial charge in [0.05, 0.1) is 0 Å². The van der Waals surface area contributed by atoms with Crippen LogP contribution in [-0.2, 0) is 13.0 Å². The van der Waals surface area contributed by atoms with Gasteiger partial charge in [0.25, 0.3) is 11.8 Å². The topological polar surface area (TPSA) is 52.7 Å². The van der Waals surface area contributed by atoms with E-state index in [1.807, 2.05) is 53.4 Å². The van der Waals surface area contributed by atoms with Crippen molar-refractivity contribution in [3.63, 3.8) is 0 Å². The van der Waals surface area contributed by atoms with Gasteiger partial charge in [0.1, 0.15) is 0 Å². The van der Waals surface area contributed by atoms with E-state index in [4.69, 9.17) is 0 Å². The molecule has 1 saturated heterocycles. The van der Waals surface area contributed by atoms with Crippen molar-refractivity contribution in [3.05, 3.63) is 113 Å². The Morgan fingerprint density at radius 2 is 1.51 bits per heavy atom. The average molecular weight is 462 g/mol. The summed E-state index contributed by atoms with van der Waals surface area (Å²) in [7, 11) is 0. The minimum Gasteiger partial charge on any atom is -0.336 e. The van der Waals surface area contributed by atoms with Gasteiger partial charge in [0.2, 0.25) is 0 Å². The molecule has 2 aliphatic heterocycles. The van der Waals surface area contributed by atoms with Gasteiger partial charge >= 0.3 is 0 Å². The number of nitrogens with zero attached hydrogens (tertiary/aromatic N) is 2. The van der Waals surface area contributed by atoms with Crippen molar-refractivity contribution < 1.29 is 9.59 Å². The lowest BCUT2D eigenvalue weighted by molar-refractivity contribution is 0.0628. The van der Waals surface area contributed by atoms with E-state index in [0.717, 1.165) is 66.7 Å². The molecule has 0 unspecified atom stereocenters. The van der Waals surface area contributed by atoms with Gasteiger partial charge in [-0.2, -0.15) is 0 Å². The van der Waals surface area contributed by atoms with Gasteiger partial charge in [-0.3, -0.25) is 14.5 Å². The molecule has 0 saturated carbocycles. The van der Waals surface area contributed by atoms with Crippen LogP contribution in [-0.4, -0.2) is 47.8 Å². The van der Waals surface area contributed by atoms with Gasteiger partial charge in [0, 0.05) is 54.9 Å². The minimum atomic E-state index is -0.0163. The summed E-state index contributed by atoms with van der Waals surface area (Å²) < 4.78 is 0. The Bertz CT molecular complexity index is 1410. The molecule has 6 rings (SSSR count). The predicted octanol–water partition coefficient (Wildman–Crippen LogP) is 4.95. The van der Waals surface area contributed by atoms with Crippen LogP contribution in [0.2, 0.25) is 0 Å². The molecule has 0 atom stereocenters. The third-order valence-electron chi connectivity index (χ3n) is 7.13. The van der Waals surface area contributed by atoms with Crippen LogP contribution in [0.5, 0.6) is 0 Å². The summed E-state index contributed by atoms with van der Waals surface area (Å²) in [4.78, 5) is 29.2. The van der Waals surface area contributed by atoms with Crippen molar-refractivity contribution in [3.8, 4) is 0 Å². The van der Waals surface area contributed by atoms with Crippen molar-refractivity contribution in [1.29, 1.82) is 0 Å². The lowest BCUT2D eigenvalue weighted by Crippen LogP contribution is -2.48. The van der Waals surface area contributed by atoms with E-state index >= 15 is 0 Å². The summed E-state index contributed by atoms with van der Waals surface area (Å²) >= 11 is 0. The number of amides is 2. The Morgan fingerprint density at radius 1 is 0.771 bits per heavy atom. The maximum Gasteiger partial charge on any atom is 0.256 e. The molecule has 1 N–H and O–H groups in total. The van der Waals surface area contributed by atoms with E-state index in [0.29, 0.717) is 0 Å². The first-order chi connectivity index (χ1) is 17.2. The molecule has 35 heavy (non-hydrogen) atoms. The molecule has 0 aromatic heterocycles. The molecule has 2 aliphatic rings. The number of hydrogen-bond donors (Lipinski definition) is 1. The molecule has 2 heterocycles. The molecule has 4 aromatic carbocycles. The SMILES string of the molecule is O=C1Nc2ccc(Cc3ccc(CN4CCN(C(=O)c5ccccc5)CC4)cc3)c3cccc1c23. The zero-order chi connectivity index (χ0) is 23.8. The van der Waals surface area contributed by atoms with E-state index in [1.165, 1.54) is 16.7 Å². The van der Waals surface area contributed by atoms with Crippen LogP contribution >= 0.6 is 0 Å². The van der Waals surface area contributed by atoms with Crippen LogP contribution < -0.4 is 5.32 Å². The second-order valence-corrected chi connectivity index (χ2v) is 9.38. The Hall–Kier alpha value is -3.96. The molecule has 0 aliphatic carbocycles. The van der Waals surface area contributed by atoms with Crippen LogP contribution in [0.25, 0.3) is 10.8 Å². The Balaban J connectivity index is 1.09. The summed E-state index contributed by atoms with van der Waals surface area (Å²) in [5, 5.41) is 5.14. The number of nitrogens with one attached hydrogen (secondary N) is 1. The molecular formula is C30H27N3O2. The van der Waals surface area contributed by atoms with Gasteiger partial charge in [-0.15, -0.1) is 0 Å². The average Bonchev–Trinajstić information content (AvgIpc) is 3.24. The lowest BCUT2D eigenvalue weighted by Gasteiger charge is -2.34. The number of carbonyl (C=O) groups excluding carboxylic acids is 2. The first kappa shape index (κ1) is 21.6. The molecule has 5 heteroatoms. The van der Waals surface area contributed by atoms with Gasteiger partial charge in [-0.05, 0) is 52.8 Å². The second-order valence-electron chi connectivity index (χ2n) is 9.38. The van der Waals surface area contributed by atoms with E-state index < -0.39 is 0 Å².